The Hall–Kier alpha value is -3.29. The number of benzene rings is 2. The minimum absolute atomic E-state index is 0.0315. The fourth-order valence-corrected chi connectivity index (χ4v) is 5.02. The summed E-state index contributed by atoms with van der Waals surface area (Å²) < 4.78 is 15.3. The van der Waals surface area contributed by atoms with Gasteiger partial charge in [0.15, 0.2) is 5.82 Å². The van der Waals surface area contributed by atoms with Gasteiger partial charge in [0, 0.05) is 37.9 Å². The van der Waals surface area contributed by atoms with Crippen LogP contribution in [0.2, 0.25) is 0 Å². The highest BCUT2D eigenvalue weighted by molar-refractivity contribution is 7.12. The van der Waals surface area contributed by atoms with Crippen LogP contribution in [0.4, 0.5) is 10.2 Å². The summed E-state index contributed by atoms with van der Waals surface area (Å²) in [6.07, 6.45) is 3.52. The Morgan fingerprint density at radius 2 is 1.85 bits per heavy atom. The van der Waals surface area contributed by atoms with Crippen molar-refractivity contribution in [3.05, 3.63) is 101 Å². The molecule has 2 aromatic heterocycles. The van der Waals surface area contributed by atoms with Crippen LogP contribution in [0.1, 0.15) is 28.1 Å². The lowest BCUT2D eigenvalue weighted by atomic mass is 10.0. The number of hydrogen-bond acceptors (Lipinski definition) is 4. The molecule has 1 saturated heterocycles. The Labute approximate surface area is 196 Å². The molecule has 4 aromatic rings. The van der Waals surface area contributed by atoms with Gasteiger partial charge in [0.2, 0.25) is 0 Å². The SMILES string of the molecule is O=C(c1cccs1)N(c1ccn(-c2cccc(F)c2)n1)C1CCN(Cc2ccccc2)CC1. The van der Waals surface area contributed by atoms with Gasteiger partial charge in [-0.25, -0.2) is 9.07 Å². The van der Waals surface area contributed by atoms with Crippen molar-refractivity contribution in [2.45, 2.75) is 25.4 Å². The first-order valence-corrected chi connectivity index (χ1v) is 12.0. The quantitative estimate of drug-likeness (QED) is 0.388. The molecule has 2 aromatic carbocycles. The topological polar surface area (TPSA) is 41.4 Å². The fraction of sp³-hybridized carbons (Fsp3) is 0.231. The summed E-state index contributed by atoms with van der Waals surface area (Å²) in [5, 5.41) is 6.58. The lowest BCUT2D eigenvalue weighted by molar-refractivity contribution is 0.0961. The summed E-state index contributed by atoms with van der Waals surface area (Å²) in [7, 11) is 0. The zero-order valence-corrected chi connectivity index (χ0v) is 19.0. The maximum atomic E-state index is 13.7. The maximum absolute atomic E-state index is 13.7. The van der Waals surface area contributed by atoms with Crippen LogP contribution in [0.5, 0.6) is 0 Å². The molecule has 0 unspecified atom stereocenters. The normalized spacial score (nSPS) is 14.9. The van der Waals surface area contributed by atoms with E-state index in [-0.39, 0.29) is 17.8 Å². The first kappa shape index (κ1) is 21.6. The molecule has 1 amide bonds. The minimum Gasteiger partial charge on any atom is -0.299 e. The lowest BCUT2D eigenvalue weighted by Gasteiger charge is -2.37. The van der Waals surface area contributed by atoms with Gasteiger partial charge in [-0.1, -0.05) is 42.5 Å². The van der Waals surface area contributed by atoms with Crippen LogP contribution in [-0.2, 0) is 6.54 Å². The van der Waals surface area contributed by atoms with E-state index in [0.717, 1.165) is 32.5 Å². The molecule has 3 heterocycles. The number of likely N-dealkylation sites (tertiary alicyclic amines) is 1. The van der Waals surface area contributed by atoms with Gasteiger partial charge in [0.05, 0.1) is 10.6 Å². The van der Waals surface area contributed by atoms with Crippen LogP contribution in [0.15, 0.2) is 84.4 Å². The van der Waals surface area contributed by atoms with Gasteiger partial charge in [0.1, 0.15) is 5.82 Å². The smallest absolute Gasteiger partial charge is 0.269 e. The van der Waals surface area contributed by atoms with Crippen molar-refractivity contribution >= 4 is 23.1 Å². The molecule has 1 aliphatic rings. The van der Waals surface area contributed by atoms with Gasteiger partial charge in [-0.15, -0.1) is 16.4 Å². The van der Waals surface area contributed by atoms with Crippen molar-refractivity contribution in [1.29, 1.82) is 0 Å². The number of aromatic nitrogens is 2. The zero-order valence-electron chi connectivity index (χ0n) is 18.2. The lowest BCUT2D eigenvalue weighted by Crippen LogP contribution is -2.47. The van der Waals surface area contributed by atoms with E-state index in [4.69, 9.17) is 0 Å². The van der Waals surface area contributed by atoms with E-state index in [1.54, 1.807) is 23.0 Å². The van der Waals surface area contributed by atoms with Gasteiger partial charge >= 0.3 is 0 Å². The van der Waals surface area contributed by atoms with E-state index >= 15 is 0 Å². The third-order valence-electron chi connectivity index (χ3n) is 6.02. The molecule has 0 aliphatic carbocycles. The van der Waals surface area contributed by atoms with Gasteiger partial charge in [-0.2, -0.15) is 0 Å². The monoisotopic (exact) mass is 460 g/mol. The largest absolute Gasteiger partial charge is 0.299 e. The number of rotatable bonds is 6. The van der Waals surface area contributed by atoms with E-state index in [9.17, 15) is 9.18 Å². The van der Waals surface area contributed by atoms with E-state index in [0.29, 0.717) is 16.4 Å². The number of piperidine rings is 1. The summed E-state index contributed by atoms with van der Waals surface area (Å²) >= 11 is 1.44. The van der Waals surface area contributed by atoms with Crippen LogP contribution in [0, 0.1) is 5.82 Å². The molecule has 0 spiro atoms. The van der Waals surface area contributed by atoms with Gasteiger partial charge in [-0.3, -0.25) is 14.6 Å². The van der Waals surface area contributed by atoms with Crippen LogP contribution in [-0.4, -0.2) is 39.7 Å². The Bertz CT molecular complexity index is 1200. The summed E-state index contributed by atoms with van der Waals surface area (Å²) in [6.45, 7) is 2.75. The highest BCUT2D eigenvalue weighted by Crippen LogP contribution is 2.27. The third-order valence-corrected chi connectivity index (χ3v) is 6.87. The molecule has 0 atom stereocenters. The van der Waals surface area contributed by atoms with Gasteiger partial charge < -0.3 is 0 Å². The average Bonchev–Trinajstić information content (AvgIpc) is 3.54. The molecule has 33 heavy (non-hydrogen) atoms. The number of thiophene rings is 1. The molecule has 0 saturated carbocycles. The molecule has 5 rings (SSSR count). The standard InChI is InChI=1S/C26H25FN4OS/c27-21-8-4-9-23(18-21)30-16-13-25(28-30)31(26(32)24-10-5-17-33-24)22-11-14-29(15-12-22)19-20-6-2-1-3-7-20/h1-10,13,16-18,22H,11-12,14-15,19H2. The molecule has 7 heteroatoms. The van der Waals surface area contributed by atoms with Crippen LogP contribution in [0.25, 0.3) is 5.69 Å². The number of nitrogens with zero attached hydrogens (tertiary/aromatic N) is 4. The summed E-state index contributed by atoms with van der Waals surface area (Å²) in [5.74, 6) is 0.247. The van der Waals surface area contributed by atoms with Crippen molar-refractivity contribution in [3.63, 3.8) is 0 Å². The molecule has 1 aliphatic heterocycles. The number of carbonyl (C=O) groups is 1. The van der Waals surface area contributed by atoms with Crippen molar-refractivity contribution in [3.8, 4) is 5.69 Å². The van der Waals surface area contributed by atoms with E-state index in [1.165, 1.54) is 29.0 Å². The summed E-state index contributed by atoms with van der Waals surface area (Å²) in [4.78, 5) is 18.5. The Kier molecular flexibility index (Phi) is 6.32. The number of halogens is 1. The Balaban J connectivity index is 1.37. The van der Waals surface area contributed by atoms with Crippen LogP contribution in [0.3, 0.4) is 0 Å². The molecule has 168 valence electrons. The van der Waals surface area contributed by atoms with Crippen molar-refractivity contribution in [1.82, 2.24) is 14.7 Å². The second-order valence-corrected chi connectivity index (χ2v) is 9.19. The van der Waals surface area contributed by atoms with Crippen LogP contribution < -0.4 is 4.90 Å². The second-order valence-electron chi connectivity index (χ2n) is 8.24. The Morgan fingerprint density at radius 3 is 2.58 bits per heavy atom. The number of carbonyl (C=O) groups excluding carboxylic acids is 1. The van der Waals surface area contributed by atoms with E-state index in [1.807, 2.05) is 34.5 Å². The Morgan fingerprint density at radius 1 is 1.03 bits per heavy atom. The molecule has 5 nitrogen and oxygen atoms in total. The minimum atomic E-state index is -0.318. The molecule has 0 radical (unpaired) electrons. The third kappa shape index (κ3) is 4.89. The fourth-order valence-electron chi connectivity index (χ4n) is 4.36. The number of amides is 1. The van der Waals surface area contributed by atoms with Crippen LogP contribution >= 0.6 is 11.3 Å². The van der Waals surface area contributed by atoms with Crippen molar-refractivity contribution < 1.29 is 9.18 Å². The van der Waals surface area contributed by atoms with Crippen molar-refractivity contribution in [2.75, 3.05) is 18.0 Å². The second kappa shape index (κ2) is 9.68. The summed E-state index contributed by atoms with van der Waals surface area (Å²) in [6, 6.07) is 22.4. The number of anilines is 1. The molecule has 0 N–H and O–H groups in total. The first-order valence-electron chi connectivity index (χ1n) is 11.1. The highest BCUT2D eigenvalue weighted by atomic mass is 32.1. The predicted molar refractivity (Wildman–Crippen MR) is 129 cm³/mol. The number of hydrogen-bond donors (Lipinski definition) is 0. The predicted octanol–water partition coefficient (Wildman–Crippen LogP) is 5.38. The molecular weight excluding hydrogens is 435 g/mol. The molecular formula is C26H25FN4OS. The van der Waals surface area contributed by atoms with Gasteiger partial charge in [-0.05, 0) is 48.1 Å². The first-order chi connectivity index (χ1) is 16.2. The summed E-state index contributed by atoms with van der Waals surface area (Å²) in [5.41, 5.74) is 1.93. The molecule has 0 bridgehead atoms. The maximum Gasteiger partial charge on any atom is 0.269 e. The zero-order chi connectivity index (χ0) is 22.6. The van der Waals surface area contributed by atoms with Gasteiger partial charge in [0.25, 0.3) is 5.91 Å². The average molecular weight is 461 g/mol. The molecule has 1 fully saturated rings. The highest BCUT2D eigenvalue weighted by Gasteiger charge is 2.31. The van der Waals surface area contributed by atoms with E-state index in [2.05, 4.69) is 34.3 Å². The van der Waals surface area contributed by atoms with E-state index < -0.39 is 0 Å². The van der Waals surface area contributed by atoms with Crippen molar-refractivity contribution in [2.24, 2.45) is 0 Å².